The molecule has 0 radical (unpaired) electrons. The smallest absolute Gasteiger partial charge is 0.221 e. The van der Waals surface area contributed by atoms with Crippen LogP contribution in [0.4, 0.5) is 0 Å². The van der Waals surface area contributed by atoms with Gasteiger partial charge in [-0.25, -0.2) is 0 Å². The highest BCUT2D eigenvalue weighted by Crippen LogP contribution is 2.11. The lowest BCUT2D eigenvalue weighted by Gasteiger charge is -2.15. The van der Waals surface area contributed by atoms with Gasteiger partial charge in [0.1, 0.15) is 0 Å². The third-order valence-corrected chi connectivity index (χ3v) is 1.30. The minimum absolute atomic E-state index is 0. The second kappa shape index (κ2) is 2.54. The number of nitrogens with one attached hydrogen (secondary N) is 1. The number of carbonyl (C=O) groups is 1. The average Bonchev–Trinajstić information content (AvgIpc) is 1.82. The maximum Gasteiger partial charge on any atom is 0.221 e. The molecule has 1 amide bonds. The standard InChI is InChI=1S/C5H10N2O.ClH/c1-5(6)3-2-4(8)7-5;/h2-3,6H2,1H3,(H,7,8);1H/t5-;/m0./s1. The Balaban J connectivity index is 0.000000640. The Hall–Kier alpha value is -0.280. The molecule has 1 aliphatic rings. The Morgan fingerprint density at radius 2 is 2.33 bits per heavy atom. The van der Waals surface area contributed by atoms with Gasteiger partial charge in [0.2, 0.25) is 5.91 Å². The molecule has 1 aliphatic heterocycles. The fraction of sp³-hybridized carbons (Fsp3) is 0.800. The summed E-state index contributed by atoms with van der Waals surface area (Å²) < 4.78 is 0. The summed E-state index contributed by atoms with van der Waals surface area (Å²) >= 11 is 0. The second-order valence-electron chi connectivity index (χ2n) is 2.47. The van der Waals surface area contributed by atoms with Crippen molar-refractivity contribution in [2.75, 3.05) is 0 Å². The third kappa shape index (κ3) is 2.20. The molecule has 54 valence electrons. The number of halogens is 1. The zero-order valence-electron chi connectivity index (χ0n) is 5.31. The summed E-state index contributed by atoms with van der Waals surface area (Å²) in [5.41, 5.74) is 5.10. The van der Waals surface area contributed by atoms with Crippen molar-refractivity contribution >= 4 is 18.3 Å². The summed E-state index contributed by atoms with van der Waals surface area (Å²) in [6.45, 7) is 1.82. The molecule has 3 nitrogen and oxygen atoms in total. The van der Waals surface area contributed by atoms with Crippen LogP contribution in [0.1, 0.15) is 19.8 Å². The summed E-state index contributed by atoms with van der Waals surface area (Å²) in [4.78, 5) is 10.5. The van der Waals surface area contributed by atoms with Crippen LogP contribution < -0.4 is 11.1 Å². The van der Waals surface area contributed by atoms with Crippen LogP contribution in [0.5, 0.6) is 0 Å². The largest absolute Gasteiger partial charge is 0.339 e. The molecule has 1 fully saturated rings. The molecule has 3 N–H and O–H groups in total. The van der Waals surface area contributed by atoms with Crippen LogP contribution in [0.2, 0.25) is 0 Å². The van der Waals surface area contributed by atoms with E-state index in [-0.39, 0.29) is 18.3 Å². The van der Waals surface area contributed by atoms with Gasteiger partial charge in [-0.05, 0) is 13.3 Å². The summed E-state index contributed by atoms with van der Waals surface area (Å²) in [5, 5.41) is 2.63. The molecule has 1 atom stereocenters. The maximum absolute atomic E-state index is 10.5. The predicted octanol–water partition coefficient (Wildman–Crippen LogP) is -0.00690. The van der Waals surface area contributed by atoms with Crippen LogP contribution in [0.15, 0.2) is 0 Å². The quantitative estimate of drug-likeness (QED) is 0.511. The highest BCUT2D eigenvalue weighted by Gasteiger charge is 2.27. The van der Waals surface area contributed by atoms with Gasteiger partial charge in [0.25, 0.3) is 0 Å². The van der Waals surface area contributed by atoms with Crippen molar-refractivity contribution in [3.63, 3.8) is 0 Å². The number of hydrogen-bond acceptors (Lipinski definition) is 2. The van der Waals surface area contributed by atoms with E-state index in [0.717, 1.165) is 6.42 Å². The number of carbonyl (C=O) groups excluding carboxylic acids is 1. The van der Waals surface area contributed by atoms with Crippen molar-refractivity contribution in [1.82, 2.24) is 5.32 Å². The van der Waals surface area contributed by atoms with Crippen LogP contribution in [0.25, 0.3) is 0 Å². The van der Waals surface area contributed by atoms with E-state index in [1.807, 2.05) is 6.92 Å². The maximum atomic E-state index is 10.5. The first-order valence-electron chi connectivity index (χ1n) is 2.70. The minimum atomic E-state index is -0.433. The molecule has 0 unspecified atom stereocenters. The molecule has 0 aromatic rings. The molecule has 1 saturated heterocycles. The van der Waals surface area contributed by atoms with Gasteiger partial charge in [0.15, 0.2) is 0 Å². The monoisotopic (exact) mass is 150 g/mol. The molecular weight excluding hydrogens is 140 g/mol. The third-order valence-electron chi connectivity index (χ3n) is 1.30. The number of hydrogen-bond donors (Lipinski definition) is 2. The number of rotatable bonds is 0. The molecular formula is C5H11ClN2O. The van der Waals surface area contributed by atoms with Crippen molar-refractivity contribution in [1.29, 1.82) is 0 Å². The second-order valence-corrected chi connectivity index (χ2v) is 2.47. The van der Waals surface area contributed by atoms with Crippen molar-refractivity contribution < 1.29 is 4.79 Å². The predicted molar refractivity (Wildman–Crippen MR) is 37.2 cm³/mol. The van der Waals surface area contributed by atoms with Gasteiger partial charge >= 0.3 is 0 Å². The highest BCUT2D eigenvalue weighted by atomic mass is 35.5. The molecule has 0 aromatic heterocycles. The zero-order valence-corrected chi connectivity index (χ0v) is 6.12. The van der Waals surface area contributed by atoms with Gasteiger partial charge in [0, 0.05) is 6.42 Å². The number of amides is 1. The fourth-order valence-electron chi connectivity index (χ4n) is 0.817. The van der Waals surface area contributed by atoms with Crippen LogP contribution in [0.3, 0.4) is 0 Å². The highest BCUT2D eigenvalue weighted by molar-refractivity contribution is 5.85. The van der Waals surface area contributed by atoms with Gasteiger partial charge in [-0.2, -0.15) is 0 Å². The molecule has 0 bridgehead atoms. The molecule has 9 heavy (non-hydrogen) atoms. The topological polar surface area (TPSA) is 55.1 Å². The van der Waals surface area contributed by atoms with Gasteiger partial charge in [-0.3, -0.25) is 4.79 Å². The van der Waals surface area contributed by atoms with Crippen molar-refractivity contribution in [2.45, 2.75) is 25.4 Å². The first-order chi connectivity index (χ1) is 3.60. The van der Waals surface area contributed by atoms with E-state index in [0.29, 0.717) is 6.42 Å². The summed E-state index contributed by atoms with van der Waals surface area (Å²) in [7, 11) is 0. The molecule has 1 heterocycles. The Labute approximate surface area is 60.4 Å². The van der Waals surface area contributed by atoms with Crippen molar-refractivity contribution in [2.24, 2.45) is 5.73 Å². The molecule has 0 saturated carbocycles. The van der Waals surface area contributed by atoms with Crippen LogP contribution in [-0.4, -0.2) is 11.6 Å². The molecule has 1 rings (SSSR count). The lowest BCUT2D eigenvalue weighted by atomic mass is 10.2. The average molecular weight is 151 g/mol. The Kier molecular flexibility index (Phi) is 2.46. The first-order valence-corrected chi connectivity index (χ1v) is 2.70. The van der Waals surface area contributed by atoms with E-state index in [9.17, 15) is 4.79 Å². The molecule has 0 aliphatic carbocycles. The summed E-state index contributed by atoms with van der Waals surface area (Å²) in [5.74, 6) is 0.0648. The van der Waals surface area contributed by atoms with Crippen LogP contribution >= 0.6 is 12.4 Å². The fourth-order valence-corrected chi connectivity index (χ4v) is 0.817. The van der Waals surface area contributed by atoms with E-state index in [1.54, 1.807) is 0 Å². The van der Waals surface area contributed by atoms with Crippen LogP contribution in [0, 0.1) is 0 Å². The SMILES string of the molecule is C[C@@]1(N)CCC(=O)N1.Cl. The van der Waals surface area contributed by atoms with Crippen molar-refractivity contribution in [3.8, 4) is 0 Å². The summed E-state index contributed by atoms with van der Waals surface area (Å²) in [6, 6.07) is 0. The number of nitrogens with two attached hydrogens (primary N) is 1. The van der Waals surface area contributed by atoms with E-state index in [1.165, 1.54) is 0 Å². The van der Waals surface area contributed by atoms with Gasteiger partial charge in [-0.1, -0.05) is 0 Å². The van der Waals surface area contributed by atoms with Gasteiger partial charge < -0.3 is 11.1 Å². The first kappa shape index (κ1) is 8.72. The van der Waals surface area contributed by atoms with E-state index < -0.39 is 5.66 Å². The van der Waals surface area contributed by atoms with Gasteiger partial charge in [-0.15, -0.1) is 12.4 Å². The minimum Gasteiger partial charge on any atom is -0.339 e. The van der Waals surface area contributed by atoms with E-state index >= 15 is 0 Å². The normalized spacial score (nSPS) is 33.3. The molecule has 0 aromatic carbocycles. The van der Waals surface area contributed by atoms with E-state index in [2.05, 4.69) is 5.32 Å². The molecule has 4 heteroatoms. The van der Waals surface area contributed by atoms with Crippen LogP contribution in [-0.2, 0) is 4.79 Å². The van der Waals surface area contributed by atoms with Crippen molar-refractivity contribution in [3.05, 3.63) is 0 Å². The van der Waals surface area contributed by atoms with E-state index in [4.69, 9.17) is 5.73 Å². The lowest BCUT2D eigenvalue weighted by molar-refractivity contribution is -0.119. The van der Waals surface area contributed by atoms with Gasteiger partial charge in [0.05, 0.1) is 5.66 Å². The Morgan fingerprint density at radius 3 is 2.44 bits per heavy atom. The summed E-state index contributed by atoms with van der Waals surface area (Å²) in [6.07, 6.45) is 1.33. The Bertz CT molecular complexity index is 124. The zero-order chi connectivity index (χ0) is 6.20. The molecule has 0 spiro atoms. The Morgan fingerprint density at radius 1 is 1.78 bits per heavy atom. The lowest BCUT2D eigenvalue weighted by Crippen LogP contribution is -2.46.